The fraction of sp³-hybridized carbons (Fsp3) is 0.571. The largest absolute Gasteiger partial charge is 0.394 e. The Hall–Kier alpha value is -0.860. The molecule has 1 fully saturated rings. The van der Waals surface area contributed by atoms with Gasteiger partial charge in [-0.25, -0.2) is 0 Å². The van der Waals surface area contributed by atoms with E-state index in [9.17, 15) is 5.11 Å². The molecule has 0 aromatic heterocycles. The van der Waals surface area contributed by atoms with Crippen LogP contribution in [-0.4, -0.2) is 18.3 Å². The van der Waals surface area contributed by atoms with Crippen LogP contribution in [0.3, 0.4) is 0 Å². The number of aliphatic hydroxyl groups is 1. The van der Waals surface area contributed by atoms with Crippen molar-refractivity contribution in [1.29, 1.82) is 0 Å². The highest BCUT2D eigenvalue weighted by atomic mass is 16.3. The molecule has 0 bridgehead atoms. The standard InChI is InChI=1S/C14H21NO/c1-2-10-15-14(11-16,13-8-9-13)12-6-4-3-5-7-12/h3-7,13,15-16H,2,8-11H2,1H3. The van der Waals surface area contributed by atoms with E-state index in [0.717, 1.165) is 13.0 Å². The van der Waals surface area contributed by atoms with Gasteiger partial charge in [-0.1, -0.05) is 37.3 Å². The van der Waals surface area contributed by atoms with Crippen LogP contribution < -0.4 is 5.32 Å². The Bertz CT molecular complexity index is 321. The number of benzene rings is 1. The van der Waals surface area contributed by atoms with Gasteiger partial charge in [0.15, 0.2) is 0 Å². The maximum Gasteiger partial charge on any atom is 0.0697 e. The van der Waals surface area contributed by atoms with Crippen molar-refractivity contribution in [2.45, 2.75) is 31.7 Å². The van der Waals surface area contributed by atoms with E-state index in [4.69, 9.17) is 0 Å². The summed E-state index contributed by atoms with van der Waals surface area (Å²) in [7, 11) is 0. The number of hydrogen-bond donors (Lipinski definition) is 2. The number of nitrogens with one attached hydrogen (secondary N) is 1. The molecule has 2 N–H and O–H groups in total. The Morgan fingerprint density at radius 2 is 2.00 bits per heavy atom. The highest BCUT2D eigenvalue weighted by Gasteiger charge is 2.45. The zero-order chi connectivity index (χ0) is 11.4. The van der Waals surface area contributed by atoms with Crippen LogP contribution >= 0.6 is 0 Å². The van der Waals surface area contributed by atoms with Crippen LogP contribution in [0, 0.1) is 5.92 Å². The van der Waals surface area contributed by atoms with E-state index in [0.29, 0.717) is 5.92 Å². The maximum absolute atomic E-state index is 9.80. The Balaban J connectivity index is 2.25. The molecule has 1 saturated carbocycles. The third-order valence-corrected chi connectivity index (χ3v) is 3.50. The third-order valence-electron chi connectivity index (χ3n) is 3.50. The second-order valence-electron chi connectivity index (χ2n) is 4.70. The fourth-order valence-electron chi connectivity index (χ4n) is 2.42. The van der Waals surface area contributed by atoms with Gasteiger partial charge in [0.2, 0.25) is 0 Å². The van der Waals surface area contributed by atoms with Gasteiger partial charge in [0.1, 0.15) is 0 Å². The molecule has 0 amide bonds. The smallest absolute Gasteiger partial charge is 0.0697 e. The monoisotopic (exact) mass is 219 g/mol. The highest BCUT2D eigenvalue weighted by molar-refractivity contribution is 5.27. The SMILES string of the molecule is CCCNC(CO)(c1ccccc1)C1CC1. The summed E-state index contributed by atoms with van der Waals surface area (Å²) in [5.74, 6) is 0.603. The number of hydrogen-bond acceptors (Lipinski definition) is 2. The first-order valence-electron chi connectivity index (χ1n) is 6.25. The van der Waals surface area contributed by atoms with E-state index in [-0.39, 0.29) is 12.1 Å². The lowest BCUT2D eigenvalue weighted by Crippen LogP contribution is -2.48. The van der Waals surface area contributed by atoms with E-state index < -0.39 is 0 Å². The van der Waals surface area contributed by atoms with Gasteiger partial charge in [-0.15, -0.1) is 0 Å². The molecule has 1 unspecified atom stereocenters. The average molecular weight is 219 g/mol. The minimum atomic E-state index is -0.197. The van der Waals surface area contributed by atoms with Crippen LogP contribution in [0.2, 0.25) is 0 Å². The first-order valence-corrected chi connectivity index (χ1v) is 6.25. The predicted octanol–water partition coefficient (Wildman–Crippen LogP) is 2.28. The van der Waals surface area contributed by atoms with Crippen LogP contribution in [0.4, 0.5) is 0 Å². The molecule has 1 aromatic rings. The van der Waals surface area contributed by atoms with Crippen LogP contribution in [0.25, 0.3) is 0 Å². The van der Waals surface area contributed by atoms with Crippen molar-refractivity contribution in [3.8, 4) is 0 Å². The Morgan fingerprint density at radius 1 is 1.31 bits per heavy atom. The van der Waals surface area contributed by atoms with Crippen molar-refractivity contribution in [2.24, 2.45) is 5.92 Å². The summed E-state index contributed by atoms with van der Waals surface area (Å²) in [4.78, 5) is 0. The quantitative estimate of drug-likeness (QED) is 0.769. The van der Waals surface area contributed by atoms with Crippen molar-refractivity contribution in [3.63, 3.8) is 0 Å². The summed E-state index contributed by atoms with van der Waals surface area (Å²) in [5.41, 5.74) is 1.03. The normalized spacial score (nSPS) is 19.4. The van der Waals surface area contributed by atoms with Gasteiger partial charge in [0.05, 0.1) is 12.1 Å². The molecule has 0 spiro atoms. The van der Waals surface area contributed by atoms with Crippen molar-refractivity contribution in [2.75, 3.05) is 13.2 Å². The van der Waals surface area contributed by atoms with Gasteiger partial charge in [0, 0.05) is 0 Å². The molecule has 16 heavy (non-hydrogen) atoms. The molecular formula is C14H21NO. The van der Waals surface area contributed by atoms with Gasteiger partial charge in [-0.2, -0.15) is 0 Å². The van der Waals surface area contributed by atoms with Gasteiger partial charge >= 0.3 is 0 Å². The summed E-state index contributed by atoms with van der Waals surface area (Å²) >= 11 is 0. The molecule has 2 nitrogen and oxygen atoms in total. The van der Waals surface area contributed by atoms with Crippen molar-refractivity contribution in [1.82, 2.24) is 5.32 Å². The summed E-state index contributed by atoms with van der Waals surface area (Å²) in [5, 5.41) is 13.4. The molecule has 1 aliphatic carbocycles. The van der Waals surface area contributed by atoms with Crippen molar-refractivity contribution < 1.29 is 5.11 Å². The number of rotatable bonds is 6. The summed E-state index contributed by atoms with van der Waals surface area (Å²) in [6.07, 6.45) is 3.56. The molecule has 1 aromatic carbocycles. The average Bonchev–Trinajstić information content (AvgIpc) is 3.17. The van der Waals surface area contributed by atoms with E-state index in [1.807, 2.05) is 6.07 Å². The highest BCUT2D eigenvalue weighted by Crippen LogP contribution is 2.45. The number of aliphatic hydroxyl groups excluding tert-OH is 1. The van der Waals surface area contributed by atoms with Crippen LogP contribution in [0.5, 0.6) is 0 Å². The molecule has 1 aliphatic rings. The van der Waals surface area contributed by atoms with Crippen molar-refractivity contribution in [3.05, 3.63) is 35.9 Å². The van der Waals surface area contributed by atoms with Crippen molar-refractivity contribution >= 4 is 0 Å². The molecule has 0 heterocycles. The zero-order valence-corrected chi connectivity index (χ0v) is 9.95. The molecule has 0 saturated heterocycles. The zero-order valence-electron chi connectivity index (χ0n) is 9.95. The predicted molar refractivity (Wildman–Crippen MR) is 66.2 cm³/mol. The van der Waals surface area contributed by atoms with E-state index in [1.54, 1.807) is 0 Å². The Morgan fingerprint density at radius 3 is 2.50 bits per heavy atom. The van der Waals surface area contributed by atoms with Gasteiger partial charge in [-0.3, -0.25) is 0 Å². The molecular weight excluding hydrogens is 198 g/mol. The minimum absolute atomic E-state index is 0.196. The topological polar surface area (TPSA) is 32.3 Å². The molecule has 2 heteroatoms. The molecule has 0 aliphatic heterocycles. The lowest BCUT2D eigenvalue weighted by molar-refractivity contribution is 0.139. The second-order valence-corrected chi connectivity index (χ2v) is 4.70. The Kier molecular flexibility index (Phi) is 3.62. The third kappa shape index (κ3) is 2.13. The van der Waals surface area contributed by atoms with Gasteiger partial charge in [0.25, 0.3) is 0 Å². The lowest BCUT2D eigenvalue weighted by atomic mass is 9.85. The van der Waals surface area contributed by atoms with Gasteiger partial charge in [-0.05, 0) is 37.3 Å². The van der Waals surface area contributed by atoms with Crippen LogP contribution in [0.15, 0.2) is 30.3 Å². The molecule has 1 atom stereocenters. The maximum atomic E-state index is 9.80. The summed E-state index contributed by atoms with van der Waals surface area (Å²) in [6, 6.07) is 10.4. The fourth-order valence-corrected chi connectivity index (χ4v) is 2.42. The Labute approximate surface area is 97.7 Å². The summed E-state index contributed by atoms with van der Waals surface area (Å²) < 4.78 is 0. The molecule has 0 radical (unpaired) electrons. The first kappa shape index (κ1) is 11.6. The van der Waals surface area contributed by atoms with E-state index in [1.165, 1.54) is 18.4 Å². The summed E-state index contributed by atoms with van der Waals surface area (Å²) in [6.45, 7) is 3.32. The van der Waals surface area contributed by atoms with Crippen LogP contribution in [-0.2, 0) is 5.54 Å². The van der Waals surface area contributed by atoms with E-state index >= 15 is 0 Å². The molecule has 2 rings (SSSR count). The van der Waals surface area contributed by atoms with Crippen LogP contribution in [0.1, 0.15) is 31.7 Å². The molecule has 88 valence electrons. The first-order chi connectivity index (χ1) is 7.83. The minimum Gasteiger partial charge on any atom is -0.394 e. The lowest BCUT2D eigenvalue weighted by Gasteiger charge is -2.34. The van der Waals surface area contributed by atoms with E-state index in [2.05, 4.69) is 36.5 Å². The second kappa shape index (κ2) is 4.98. The van der Waals surface area contributed by atoms with Gasteiger partial charge < -0.3 is 10.4 Å².